The molecular weight excluding hydrogens is 365 g/mol. The van der Waals surface area contributed by atoms with Gasteiger partial charge in [-0.05, 0) is 43.2 Å². The number of benzene rings is 2. The van der Waals surface area contributed by atoms with Crippen LogP contribution in [0.25, 0.3) is 0 Å². The van der Waals surface area contributed by atoms with Crippen LogP contribution in [-0.4, -0.2) is 17.1 Å². The van der Waals surface area contributed by atoms with E-state index in [4.69, 9.17) is 5.73 Å². The highest BCUT2D eigenvalue weighted by Crippen LogP contribution is 2.41. The molecule has 5 nitrogen and oxygen atoms in total. The Bertz CT molecular complexity index is 979. The Morgan fingerprint density at radius 3 is 2.59 bits per heavy atom. The molecule has 1 atom stereocenters. The van der Waals surface area contributed by atoms with E-state index in [9.17, 15) is 19.2 Å². The van der Waals surface area contributed by atoms with E-state index in [2.05, 4.69) is 0 Å². The monoisotopic (exact) mass is 381 g/mol. The van der Waals surface area contributed by atoms with Crippen LogP contribution < -0.4 is 10.6 Å². The lowest BCUT2D eigenvalue weighted by molar-refractivity contribution is -0.117. The number of amides is 2. The highest BCUT2D eigenvalue weighted by atomic mass is 32.2. The zero-order valence-electron chi connectivity index (χ0n) is 14.5. The molecule has 1 aliphatic rings. The van der Waals surface area contributed by atoms with Crippen LogP contribution in [0.15, 0.2) is 59.1 Å². The molecule has 0 radical (unpaired) electrons. The van der Waals surface area contributed by atoms with Crippen LogP contribution in [0.5, 0.6) is 0 Å². The second kappa shape index (κ2) is 7.64. The van der Waals surface area contributed by atoms with Gasteiger partial charge in [0.1, 0.15) is 22.5 Å². The molecule has 136 valence electrons. The lowest BCUT2D eigenvalue weighted by Gasteiger charge is -2.18. The van der Waals surface area contributed by atoms with Gasteiger partial charge in [0, 0.05) is 5.69 Å². The fourth-order valence-electron chi connectivity index (χ4n) is 2.88. The van der Waals surface area contributed by atoms with Gasteiger partial charge in [-0.2, -0.15) is 5.26 Å². The van der Waals surface area contributed by atoms with Crippen molar-refractivity contribution < 1.29 is 14.0 Å². The summed E-state index contributed by atoms with van der Waals surface area (Å²) in [4.78, 5) is 26.0. The summed E-state index contributed by atoms with van der Waals surface area (Å²) >= 11 is 1.13. The maximum Gasteiger partial charge on any atom is 0.262 e. The molecule has 2 aromatic rings. The van der Waals surface area contributed by atoms with E-state index < -0.39 is 17.0 Å². The highest BCUT2D eigenvalue weighted by molar-refractivity contribution is 8.05. The number of anilines is 1. The van der Waals surface area contributed by atoms with Crippen LogP contribution in [0.1, 0.15) is 11.1 Å². The molecule has 2 aromatic carbocycles. The summed E-state index contributed by atoms with van der Waals surface area (Å²) in [7, 11) is 0. The SMILES string of the molecule is Cc1cccc(C[C@@H]2S/C(=C(/C#N)C(N)=O)N(c3ccc(F)cc3)C2=O)c1. The van der Waals surface area contributed by atoms with E-state index in [1.165, 1.54) is 29.2 Å². The normalized spacial score (nSPS) is 18.3. The molecule has 1 aliphatic heterocycles. The first-order valence-electron chi connectivity index (χ1n) is 8.16. The predicted molar refractivity (Wildman–Crippen MR) is 102 cm³/mol. The van der Waals surface area contributed by atoms with Crippen LogP contribution >= 0.6 is 11.8 Å². The first-order chi connectivity index (χ1) is 12.9. The first kappa shape index (κ1) is 18.7. The molecule has 1 heterocycles. The molecule has 0 aromatic heterocycles. The van der Waals surface area contributed by atoms with E-state index in [0.29, 0.717) is 12.1 Å². The standard InChI is InChI=1S/C20H16FN3O2S/c1-12-3-2-4-13(9-12)10-17-19(26)24(15-7-5-14(21)6-8-15)20(27-17)16(11-22)18(23)25/h2-9,17H,10H2,1H3,(H2,23,25)/b20-16-/t17-/m0/s1. The third-order valence-corrected chi connectivity index (χ3v) is 5.38. The molecule has 0 aliphatic carbocycles. The molecule has 7 heteroatoms. The van der Waals surface area contributed by atoms with Crippen molar-refractivity contribution in [2.75, 3.05) is 4.90 Å². The van der Waals surface area contributed by atoms with Crippen molar-refractivity contribution in [1.82, 2.24) is 0 Å². The third-order valence-electron chi connectivity index (χ3n) is 4.11. The number of hydrogen-bond acceptors (Lipinski definition) is 4. The van der Waals surface area contributed by atoms with Gasteiger partial charge in [-0.25, -0.2) is 4.39 Å². The fourth-order valence-corrected chi connectivity index (χ4v) is 4.19. The van der Waals surface area contributed by atoms with E-state index in [0.717, 1.165) is 22.9 Å². The van der Waals surface area contributed by atoms with Crippen molar-refractivity contribution >= 4 is 29.3 Å². The number of primary amides is 1. The second-order valence-corrected chi connectivity index (χ2v) is 7.30. The van der Waals surface area contributed by atoms with Crippen LogP contribution in [-0.2, 0) is 16.0 Å². The topological polar surface area (TPSA) is 87.2 Å². The van der Waals surface area contributed by atoms with Crippen molar-refractivity contribution in [3.63, 3.8) is 0 Å². The fraction of sp³-hybridized carbons (Fsp3) is 0.150. The Labute approximate surface area is 160 Å². The maximum absolute atomic E-state index is 13.3. The Morgan fingerprint density at radius 1 is 1.30 bits per heavy atom. The Hall–Kier alpha value is -3.11. The molecule has 0 saturated carbocycles. The minimum Gasteiger partial charge on any atom is -0.365 e. The van der Waals surface area contributed by atoms with Crippen molar-refractivity contribution in [2.45, 2.75) is 18.6 Å². The van der Waals surface area contributed by atoms with Gasteiger partial charge in [0.05, 0.1) is 5.25 Å². The second-order valence-electron chi connectivity index (χ2n) is 6.11. The number of rotatable bonds is 4. The summed E-state index contributed by atoms with van der Waals surface area (Å²) in [5, 5.41) is 9.01. The molecular formula is C20H16FN3O2S. The van der Waals surface area contributed by atoms with Crippen molar-refractivity contribution in [3.8, 4) is 6.07 Å². The summed E-state index contributed by atoms with van der Waals surface area (Å²) in [5.74, 6) is -1.64. The number of hydrogen-bond donors (Lipinski definition) is 1. The average molecular weight is 381 g/mol. The van der Waals surface area contributed by atoms with Crippen molar-refractivity contribution in [2.24, 2.45) is 5.73 Å². The summed E-state index contributed by atoms with van der Waals surface area (Å²) in [6.07, 6.45) is 0.434. The van der Waals surface area contributed by atoms with Crippen LogP contribution in [0.2, 0.25) is 0 Å². The third kappa shape index (κ3) is 3.86. The molecule has 3 rings (SSSR count). The number of carbonyl (C=O) groups excluding carboxylic acids is 2. The molecule has 0 unspecified atom stereocenters. The molecule has 2 amide bonds. The zero-order valence-corrected chi connectivity index (χ0v) is 15.3. The summed E-state index contributed by atoms with van der Waals surface area (Å²) in [6.45, 7) is 1.96. The van der Waals surface area contributed by atoms with Crippen LogP contribution in [0.3, 0.4) is 0 Å². The molecule has 0 bridgehead atoms. The van der Waals surface area contributed by atoms with E-state index in [-0.39, 0.29) is 16.5 Å². The number of carbonyl (C=O) groups is 2. The summed E-state index contributed by atoms with van der Waals surface area (Å²) in [6, 6.07) is 14.9. The Balaban J connectivity index is 2.03. The number of halogens is 1. The lowest BCUT2D eigenvalue weighted by atomic mass is 10.1. The predicted octanol–water partition coefficient (Wildman–Crippen LogP) is 3.05. The van der Waals surface area contributed by atoms with Gasteiger partial charge >= 0.3 is 0 Å². The number of thioether (sulfide) groups is 1. The number of nitrogens with zero attached hydrogens (tertiary/aromatic N) is 2. The van der Waals surface area contributed by atoms with Gasteiger partial charge < -0.3 is 5.73 Å². The van der Waals surface area contributed by atoms with Gasteiger partial charge in [0.15, 0.2) is 0 Å². The zero-order chi connectivity index (χ0) is 19.6. The Morgan fingerprint density at radius 2 is 2.00 bits per heavy atom. The van der Waals surface area contributed by atoms with Gasteiger partial charge in [-0.1, -0.05) is 41.6 Å². The van der Waals surface area contributed by atoms with Gasteiger partial charge in [-0.3, -0.25) is 14.5 Å². The summed E-state index contributed by atoms with van der Waals surface area (Å²) < 4.78 is 13.3. The minimum atomic E-state index is -0.906. The molecule has 1 saturated heterocycles. The molecule has 0 spiro atoms. The van der Waals surface area contributed by atoms with Crippen molar-refractivity contribution in [1.29, 1.82) is 5.26 Å². The van der Waals surface area contributed by atoms with Crippen LogP contribution in [0.4, 0.5) is 10.1 Å². The van der Waals surface area contributed by atoms with Gasteiger partial charge in [0.25, 0.3) is 5.91 Å². The largest absolute Gasteiger partial charge is 0.365 e. The average Bonchev–Trinajstić information content (AvgIpc) is 2.92. The van der Waals surface area contributed by atoms with Crippen LogP contribution in [0, 0.1) is 24.1 Å². The van der Waals surface area contributed by atoms with Crippen molar-refractivity contribution in [3.05, 3.63) is 76.1 Å². The maximum atomic E-state index is 13.3. The number of aryl methyl sites for hydroxylation is 1. The number of nitrogens with two attached hydrogens (primary N) is 1. The lowest BCUT2D eigenvalue weighted by Crippen LogP contribution is -2.31. The van der Waals surface area contributed by atoms with E-state index >= 15 is 0 Å². The molecule has 2 N–H and O–H groups in total. The first-order valence-corrected chi connectivity index (χ1v) is 9.04. The molecule has 1 fully saturated rings. The van der Waals surface area contributed by atoms with Gasteiger partial charge in [0.2, 0.25) is 5.91 Å². The van der Waals surface area contributed by atoms with Gasteiger partial charge in [-0.15, -0.1) is 0 Å². The minimum absolute atomic E-state index is 0.180. The highest BCUT2D eigenvalue weighted by Gasteiger charge is 2.40. The number of nitriles is 1. The Kier molecular flexibility index (Phi) is 5.28. The van der Waals surface area contributed by atoms with E-state index in [1.807, 2.05) is 31.2 Å². The smallest absolute Gasteiger partial charge is 0.262 e. The van der Waals surface area contributed by atoms with E-state index in [1.54, 1.807) is 6.07 Å². The quantitative estimate of drug-likeness (QED) is 0.651. The molecule has 27 heavy (non-hydrogen) atoms. The summed E-state index contributed by atoms with van der Waals surface area (Å²) in [5.41, 5.74) is 7.46.